The van der Waals surface area contributed by atoms with Gasteiger partial charge in [-0.3, -0.25) is 4.90 Å². The number of carbonyl (C=O) groups excluding carboxylic acids is 1. The molecule has 0 saturated carbocycles. The highest BCUT2D eigenvalue weighted by Gasteiger charge is 2.42. The fourth-order valence-electron chi connectivity index (χ4n) is 3.67. The first-order chi connectivity index (χ1) is 11.7. The van der Waals surface area contributed by atoms with E-state index in [1.54, 1.807) is 0 Å². The molecule has 1 aliphatic heterocycles. The highest BCUT2D eigenvalue weighted by Crippen LogP contribution is 2.42. The Bertz CT molecular complexity index is 614. The van der Waals surface area contributed by atoms with Crippen LogP contribution in [-0.2, 0) is 10.4 Å². The molecule has 0 radical (unpaired) electrons. The molecule has 126 valence electrons. The lowest BCUT2D eigenvalue weighted by atomic mass is 9.72. The molecule has 2 aromatic rings. The lowest BCUT2D eigenvalue weighted by molar-refractivity contribution is -0.110. The van der Waals surface area contributed by atoms with E-state index in [4.69, 9.17) is 11.6 Å². The van der Waals surface area contributed by atoms with E-state index in [1.165, 1.54) is 0 Å². The lowest BCUT2D eigenvalue weighted by Gasteiger charge is -2.42. The van der Waals surface area contributed by atoms with Crippen LogP contribution in [0.1, 0.15) is 24.0 Å². The third-order valence-corrected chi connectivity index (χ3v) is 5.39. The van der Waals surface area contributed by atoms with Gasteiger partial charge in [-0.05, 0) is 29.9 Å². The molecule has 1 atom stereocenters. The Morgan fingerprint density at radius 1 is 1.00 bits per heavy atom. The standard InChI is InChI=1S/C20H22ClNO2/c21-19(15-23)22-13-11-18(12-14-22)20(24,16-7-3-1-4-8-16)17-9-5-2-6-10-17/h1-10,15,18-19,24H,11-14H2/t19-/m1/s1. The van der Waals surface area contributed by atoms with Crippen LogP contribution in [-0.4, -0.2) is 34.9 Å². The molecule has 0 aliphatic carbocycles. The topological polar surface area (TPSA) is 40.5 Å². The van der Waals surface area contributed by atoms with Crippen molar-refractivity contribution < 1.29 is 9.90 Å². The number of piperidine rings is 1. The number of nitrogens with zero attached hydrogens (tertiary/aromatic N) is 1. The first kappa shape index (κ1) is 17.2. The number of hydrogen-bond donors (Lipinski definition) is 1. The maximum atomic E-state index is 11.7. The third kappa shape index (κ3) is 3.25. The highest BCUT2D eigenvalue weighted by molar-refractivity contribution is 6.27. The van der Waals surface area contributed by atoms with Crippen LogP contribution in [0, 0.1) is 5.92 Å². The smallest absolute Gasteiger partial charge is 0.152 e. The first-order valence-corrected chi connectivity index (χ1v) is 8.76. The summed E-state index contributed by atoms with van der Waals surface area (Å²) in [4.78, 5) is 12.9. The van der Waals surface area contributed by atoms with Gasteiger partial charge in [0.05, 0.1) is 0 Å². The predicted molar refractivity (Wildman–Crippen MR) is 95.9 cm³/mol. The number of carbonyl (C=O) groups is 1. The third-order valence-electron chi connectivity index (χ3n) is 5.01. The average Bonchev–Trinajstić information content (AvgIpc) is 2.68. The molecule has 0 bridgehead atoms. The van der Waals surface area contributed by atoms with Gasteiger partial charge in [0, 0.05) is 13.1 Å². The van der Waals surface area contributed by atoms with Crippen molar-refractivity contribution in [3.05, 3.63) is 71.8 Å². The number of aldehydes is 1. The van der Waals surface area contributed by atoms with Gasteiger partial charge in [-0.1, -0.05) is 72.3 Å². The molecule has 2 aromatic carbocycles. The highest BCUT2D eigenvalue weighted by atomic mass is 35.5. The van der Waals surface area contributed by atoms with Gasteiger partial charge in [-0.25, -0.2) is 0 Å². The van der Waals surface area contributed by atoms with Crippen LogP contribution in [0.5, 0.6) is 0 Å². The normalized spacial score (nSPS) is 18.2. The summed E-state index contributed by atoms with van der Waals surface area (Å²) in [6.07, 6.45) is 2.34. The van der Waals surface area contributed by atoms with Crippen LogP contribution in [0.15, 0.2) is 60.7 Å². The van der Waals surface area contributed by atoms with Crippen LogP contribution >= 0.6 is 11.6 Å². The van der Waals surface area contributed by atoms with E-state index in [1.807, 2.05) is 65.6 Å². The van der Waals surface area contributed by atoms with Crippen LogP contribution < -0.4 is 0 Å². The fourth-order valence-corrected chi connectivity index (χ4v) is 3.87. The summed E-state index contributed by atoms with van der Waals surface area (Å²) in [7, 11) is 0. The summed E-state index contributed by atoms with van der Waals surface area (Å²) in [5, 5.41) is 11.7. The Labute approximate surface area is 147 Å². The van der Waals surface area contributed by atoms with Crippen molar-refractivity contribution >= 4 is 17.9 Å². The van der Waals surface area contributed by atoms with Crippen LogP contribution in [0.25, 0.3) is 0 Å². The van der Waals surface area contributed by atoms with Crippen LogP contribution in [0.2, 0.25) is 0 Å². The minimum atomic E-state index is -1.03. The molecule has 24 heavy (non-hydrogen) atoms. The van der Waals surface area contributed by atoms with Gasteiger partial charge in [0.15, 0.2) is 6.29 Å². The van der Waals surface area contributed by atoms with Gasteiger partial charge >= 0.3 is 0 Å². The molecule has 0 unspecified atom stereocenters. The summed E-state index contributed by atoms with van der Waals surface area (Å²) < 4.78 is 0. The van der Waals surface area contributed by atoms with E-state index in [2.05, 4.69) is 0 Å². The van der Waals surface area contributed by atoms with Gasteiger partial charge in [-0.15, -0.1) is 0 Å². The second-order valence-corrected chi connectivity index (χ2v) is 6.76. The average molecular weight is 344 g/mol. The molecule has 1 heterocycles. The Kier molecular flexibility index (Phi) is 5.34. The number of aliphatic hydroxyl groups is 1. The maximum absolute atomic E-state index is 11.7. The predicted octanol–water partition coefficient (Wildman–Crippen LogP) is 3.40. The van der Waals surface area contributed by atoms with E-state index in [0.29, 0.717) is 13.1 Å². The zero-order chi connectivity index (χ0) is 17.0. The molecular formula is C20H22ClNO2. The van der Waals surface area contributed by atoms with Crippen LogP contribution in [0.3, 0.4) is 0 Å². The number of alkyl halides is 1. The maximum Gasteiger partial charge on any atom is 0.152 e. The molecule has 3 nitrogen and oxygen atoms in total. The molecule has 0 amide bonds. The zero-order valence-electron chi connectivity index (χ0n) is 13.5. The quantitative estimate of drug-likeness (QED) is 0.514. The molecule has 0 aromatic heterocycles. The number of likely N-dealkylation sites (tertiary alicyclic amines) is 1. The minimum absolute atomic E-state index is 0.0778. The number of halogens is 1. The van der Waals surface area contributed by atoms with Crippen LogP contribution in [0.4, 0.5) is 0 Å². The Morgan fingerprint density at radius 2 is 1.46 bits per heavy atom. The van der Waals surface area contributed by atoms with Gasteiger partial charge in [0.1, 0.15) is 11.1 Å². The molecular weight excluding hydrogens is 322 g/mol. The molecule has 3 rings (SSSR count). The van der Waals surface area contributed by atoms with E-state index < -0.39 is 11.1 Å². The van der Waals surface area contributed by atoms with Gasteiger partial charge in [-0.2, -0.15) is 0 Å². The number of rotatable bonds is 5. The molecule has 1 aliphatic rings. The molecule has 0 spiro atoms. The second-order valence-electron chi connectivity index (χ2n) is 6.32. The summed E-state index contributed by atoms with van der Waals surface area (Å²) in [5.74, 6) is 0.0778. The first-order valence-electron chi connectivity index (χ1n) is 8.33. The SMILES string of the molecule is O=C[C@H](Cl)N1CCC(C(O)(c2ccccc2)c2ccccc2)CC1. The van der Waals surface area contributed by atoms with Crippen molar-refractivity contribution in [2.45, 2.75) is 23.9 Å². The fraction of sp³-hybridized carbons (Fsp3) is 0.350. The Morgan fingerprint density at radius 3 is 1.88 bits per heavy atom. The molecule has 1 saturated heterocycles. The molecule has 1 fully saturated rings. The van der Waals surface area contributed by atoms with Crippen molar-refractivity contribution in [2.75, 3.05) is 13.1 Å². The molecule has 1 N–H and O–H groups in total. The van der Waals surface area contributed by atoms with Gasteiger partial charge < -0.3 is 9.90 Å². The van der Waals surface area contributed by atoms with Crippen molar-refractivity contribution in [3.8, 4) is 0 Å². The number of hydrogen-bond acceptors (Lipinski definition) is 3. The van der Waals surface area contributed by atoms with Crippen molar-refractivity contribution in [2.24, 2.45) is 5.92 Å². The summed E-state index contributed by atoms with van der Waals surface area (Å²) in [6, 6.07) is 19.7. The van der Waals surface area contributed by atoms with E-state index >= 15 is 0 Å². The summed E-state index contributed by atoms with van der Waals surface area (Å²) in [5.41, 5.74) is 0.213. The second kappa shape index (κ2) is 7.47. The van der Waals surface area contributed by atoms with E-state index in [0.717, 1.165) is 30.3 Å². The summed E-state index contributed by atoms with van der Waals surface area (Å²) >= 11 is 6.04. The van der Waals surface area contributed by atoms with Crippen molar-refractivity contribution in [1.82, 2.24) is 4.90 Å². The lowest BCUT2D eigenvalue weighted by Crippen LogP contribution is -2.46. The van der Waals surface area contributed by atoms with Gasteiger partial charge in [0.2, 0.25) is 0 Å². The van der Waals surface area contributed by atoms with E-state index in [9.17, 15) is 9.90 Å². The van der Waals surface area contributed by atoms with Crippen molar-refractivity contribution in [3.63, 3.8) is 0 Å². The minimum Gasteiger partial charge on any atom is -0.380 e. The Balaban J connectivity index is 1.91. The molecule has 4 heteroatoms. The Hall–Kier alpha value is -1.68. The largest absolute Gasteiger partial charge is 0.380 e. The zero-order valence-corrected chi connectivity index (χ0v) is 14.3. The number of benzene rings is 2. The van der Waals surface area contributed by atoms with Crippen molar-refractivity contribution in [1.29, 1.82) is 0 Å². The van der Waals surface area contributed by atoms with Gasteiger partial charge in [0.25, 0.3) is 0 Å². The van der Waals surface area contributed by atoms with E-state index in [-0.39, 0.29) is 5.92 Å². The summed E-state index contributed by atoms with van der Waals surface area (Å²) in [6.45, 7) is 1.42. The monoisotopic (exact) mass is 343 g/mol.